The Balaban J connectivity index is 2.26. The van der Waals surface area contributed by atoms with Crippen LogP contribution in [0.1, 0.15) is 0 Å². The van der Waals surface area contributed by atoms with Gasteiger partial charge >= 0.3 is 0 Å². The molecule has 0 saturated heterocycles. The summed E-state index contributed by atoms with van der Waals surface area (Å²) in [6.07, 6.45) is 1.74. The number of anilines is 1. The molecule has 2 N–H and O–H groups in total. The quantitative estimate of drug-likeness (QED) is 0.764. The molecule has 0 amide bonds. The number of hydrogen-bond acceptors (Lipinski definition) is 4. The molecule has 0 aliphatic heterocycles. The van der Waals surface area contributed by atoms with Gasteiger partial charge in [0.05, 0.1) is 17.3 Å². The van der Waals surface area contributed by atoms with Crippen LogP contribution in [-0.2, 0) is 0 Å². The van der Waals surface area contributed by atoms with Gasteiger partial charge < -0.3 is 5.32 Å². The van der Waals surface area contributed by atoms with Crippen LogP contribution in [0.2, 0.25) is 0 Å². The minimum Gasteiger partial charge on any atom is -0.357 e. The van der Waals surface area contributed by atoms with Crippen LogP contribution in [0.4, 0.5) is 5.95 Å². The molecule has 5 nitrogen and oxygen atoms in total. The third-order valence-corrected chi connectivity index (χ3v) is 3.18. The Morgan fingerprint density at radius 1 is 1.17 bits per heavy atom. The van der Waals surface area contributed by atoms with Gasteiger partial charge in [-0.3, -0.25) is 5.10 Å². The van der Waals surface area contributed by atoms with Crippen molar-refractivity contribution in [1.29, 1.82) is 0 Å². The fourth-order valence-electron chi connectivity index (χ4n) is 1.77. The Labute approximate surface area is 112 Å². The van der Waals surface area contributed by atoms with Gasteiger partial charge in [0.1, 0.15) is 0 Å². The highest BCUT2D eigenvalue weighted by molar-refractivity contribution is 9.10. The van der Waals surface area contributed by atoms with E-state index >= 15 is 0 Å². The second kappa shape index (κ2) is 4.38. The lowest BCUT2D eigenvalue weighted by Crippen LogP contribution is -1.98. The second-order valence-corrected chi connectivity index (χ2v) is 4.70. The van der Waals surface area contributed by atoms with Gasteiger partial charge in [0.15, 0.2) is 5.65 Å². The Morgan fingerprint density at radius 2 is 1.94 bits per heavy atom. The van der Waals surface area contributed by atoms with Crippen LogP contribution in [-0.4, -0.2) is 27.2 Å². The lowest BCUT2D eigenvalue weighted by atomic mass is 10.1. The van der Waals surface area contributed by atoms with Gasteiger partial charge in [-0.2, -0.15) is 10.1 Å². The SMILES string of the molecule is CNc1nc(-c2ccc(Br)cc2)c2cn[nH]c2n1. The first-order valence-electron chi connectivity index (χ1n) is 5.43. The van der Waals surface area contributed by atoms with E-state index in [0.29, 0.717) is 5.95 Å². The lowest BCUT2D eigenvalue weighted by molar-refractivity contribution is 1.09. The van der Waals surface area contributed by atoms with Crippen molar-refractivity contribution >= 4 is 32.9 Å². The van der Waals surface area contributed by atoms with Gasteiger partial charge in [0, 0.05) is 17.1 Å². The average Bonchev–Trinajstić information content (AvgIpc) is 2.86. The first-order chi connectivity index (χ1) is 8.78. The molecule has 0 unspecified atom stereocenters. The third-order valence-electron chi connectivity index (χ3n) is 2.65. The predicted octanol–water partition coefficient (Wildman–Crippen LogP) is 2.82. The number of benzene rings is 1. The molecule has 0 atom stereocenters. The van der Waals surface area contributed by atoms with E-state index in [2.05, 4.69) is 41.4 Å². The van der Waals surface area contributed by atoms with Crippen molar-refractivity contribution in [2.75, 3.05) is 12.4 Å². The zero-order chi connectivity index (χ0) is 12.5. The zero-order valence-electron chi connectivity index (χ0n) is 9.61. The van der Waals surface area contributed by atoms with Gasteiger partial charge in [0.2, 0.25) is 5.95 Å². The monoisotopic (exact) mass is 303 g/mol. The van der Waals surface area contributed by atoms with Crippen LogP contribution in [0, 0.1) is 0 Å². The number of nitrogens with zero attached hydrogens (tertiary/aromatic N) is 3. The molecule has 90 valence electrons. The Bertz CT molecular complexity index is 689. The predicted molar refractivity (Wildman–Crippen MR) is 74.4 cm³/mol. The van der Waals surface area contributed by atoms with Crippen molar-refractivity contribution in [3.8, 4) is 11.3 Å². The van der Waals surface area contributed by atoms with Gasteiger partial charge in [0.25, 0.3) is 0 Å². The van der Waals surface area contributed by atoms with E-state index in [-0.39, 0.29) is 0 Å². The highest BCUT2D eigenvalue weighted by Gasteiger charge is 2.10. The minimum atomic E-state index is 0.574. The van der Waals surface area contributed by atoms with Crippen LogP contribution in [0.15, 0.2) is 34.9 Å². The number of rotatable bonds is 2. The fourth-order valence-corrected chi connectivity index (χ4v) is 2.04. The summed E-state index contributed by atoms with van der Waals surface area (Å²) < 4.78 is 1.04. The number of halogens is 1. The van der Waals surface area contributed by atoms with Crippen LogP contribution < -0.4 is 5.32 Å². The topological polar surface area (TPSA) is 66.5 Å². The summed E-state index contributed by atoms with van der Waals surface area (Å²) in [5.74, 6) is 0.574. The zero-order valence-corrected chi connectivity index (χ0v) is 11.2. The van der Waals surface area contributed by atoms with E-state index in [0.717, 1.165) is 26.8 Å². The first kappa shape index (κ1) is 11.2. The van der Waals surface area contributed by atoms with Gasteiger partial charge in [-0.25, -0.2) is 4.98 Å². The summed E-state index contributed by atoms with van der Waals surface area (Å²) in [5.41, 5.74) is 2.63. The van der Waals surface area contributed by atoms with Crippen molar-refractivity contribution in [2.45, 2.75) is 0 Å². The Kier molecular flexibility index (Phi) is 2.71. The molecule has 0 radical (unpaired) electrons. The number of aromatic amines is 1. The van der Waals surface area contributed by atoms with Crippen LogP contribution >= 0.6 is 15.9 Å². The fraction of sp³-hybridized carbons (Fsp3) is 0.0833. The number of nitrogens with one attached hydrogen (secondary N) is 2. The van der Waals surface area contributed by atoms with Crippen molar-refractivity contribution < 1.29 is 0 Å². The number of fused-ring (bicyclic) bond motifs is 1. The average molecular weight is 304 g/mol. The van der Waals surface area contributed by atoms with Gasteiger partial charge in [-0.15, -0.1) is 0 Å². The van der Waals surface area contributed by atoms with Crippen LogP contribution in [0.25, 0.3) is 22.3 Å². The van der Waals surface area contributed by atoms with Gasteiger partial charge in [-0.1, -0.05) is 28.1 Å². The second-order valence-electron chi connectivity index (χ2n) is 3.78. The molecular weight excluding hydrogens is 294 g/mol. The number of H-pyrrole nitrogens is 1. The summed E-state index contributed by atoms with van der Waals surface area (Å²) >= 11 is 3.42. The summed E-state index contributed by atoms with van der Waals surface area (Å²) in [7, 11) is 1.79. The normalized spacial score (nSPS) is 10.8. The summed E-state index contributed by atoms with van der Waals surface area (Å²) in [6, 6.07) is 8.00. The third kappa shape index (κ3) is 1.84. The molecule has 0 saturated carbocycles. The molecule has 3 rings (SSSR count). The number of hydrogen-bond donors (Lipinski definition) is 2. The molecule has 3 aromatic rings. The van der Waals surface area contributed by atoms with Crippen LogP contribution in [0.5, 0.6) is 0 Å². The van der Waals surface area contributed by atoms with E-state index in [9.17, 15) is 0 Å². The Morgan fingerprint density at radius 3 is 2.67 bits per heavy atom. The van der Waals surface area contributed by atoms with Crippen molar-refractivity contribution in [2.24, 2.45) is 0 Å². The molecule has 0 aliphatic rings. The van der Waals surface area contributed by atoms with E-state index in [1.165, 1.54) is 0 Å². The largest absolute Gasteiger partial charge is 0.357 e. The lowest BCUT2D eigenvalue weighted by Gasteiger charge is -2.05. The smallest absolute Gasteiger partial charge is 0.225 e. The van der Waals surface area contributed by atoms with Crippen molar-refractivity contribution in [3.05, 3.63) is 34.9 Å². The molecular formula is C12H10BrN5. The molecule has 0 fully saturated rings. The maximum atomic E-state index is 4.49. The van der Waals surface area contributed by atoms with Gasteiger partial charge in [-0.05, 0) is 12.1 Å². The maximum absolute atomic E-state index is 4.49. The van der Waals surface area contributed by atoms with E-state index < -0.39 is 0 Å². The summed E-state index contributed by atoms with van der Waals surface area (Å²) in [6.45, 7) is 0. The molecule has 2 heterocycles. The molecule has 0 spiro atoms. The molecule has 2 aromatic heterocycles. The molecule has 18 heavy (non-hydrogen) atoms. The standard InChI is InChI=1S/C12H10BrN5/c1-14-12-16-10(7-2-4-8(13)5-3-7)9-6-15-18-11(9)17-12/h2-6H,1H3,(H2,14,15,16,17,18). The highest BCUT2D eigenvalue weighted by atomic mass is 79.9. The first-order valence-corrected chi connectivity index (χ1v) is 6.22. The number of aromatic nitrogens is 4. The van der Waals surface area contributed by atoms with E-state index in [1.54, 1.807) is 13.2 Å². The minimum absolute atomic E-state index is 0.574. The summed E-state index contributed by atoms with van der Waals surface area (Å²) in [4.78, 5) is 8.80. The van der Waals surface area contributed by atoms with E-state index in [1.807, 2.05) is 24.3 Å². The maximum Gasteiger partial charge on any atom is 0.225 e. The molecule has 1 aromatic carbocycles. The molecule has 0 aliphatic carbocycles. The molecule has 0 bridgehead atoms. The molecule has 6 heteroatoms. The Hall–Kier alpha value is -1.95. The van der Waals surface area contributed by atoms with Crippen molar-refractivity contribution in [3.63, 3.8) is 0 Å². The van der Waals surface area contributed by atoms with Crippen molar-refractivity contribution in [1.82, 2.24) is 20.2 Å². The highest BCUT2D eigenvalue weighted by Crippen LogP contribution is 2.27. The summed E-state index contributed by atoms with van der Waals surface area (Å²) in [5, 5.41) is 10.7. The van der Waals surface area contributed by atoms with E-state index in [4.69, 9.17) is 0 Å². The van der Waals surface area contributed by atoms with Crippen LogP contribution in [0.3, 0.4) is 0 Å².